The van der Waals surface area contributed by atoms with E-state index in [4.69, 9.17) is 0 Å². The molecule has 1 aliphatic rings. The van der Waals surface area contributed by atoms with Crippen molar-refractivity contribution in [3.63, 3.8) is 0 Å². The first-order valence-corrected chi connectivity index (χ1v) is 8.19. The minimum absolute atomic E-state index is 0.446. The molecule has 0 radical (unpaired) electrons. The molecule has 3 heterocycles. The largest absolute Gasteiger partial charge is 0.351 e. The van der Waals surface area contributed by atoms with Gasteiger partial charge in [0.2, 0.25) is 5.95 Å². The fourth-order valence-corrected chi connectivity index (χ4v) is 2.75. The fraction of sp³-hybridized carbons (Fsp3) is 0.412. The van der Waals surface area contributed by atoms with Crippen molar-refractivity contribution in [2.75, 3.05) is 5.32 Å². The summed E-state index contributed by atoms with van der Waals surface area (Å²) in [5.74, 6) is 1.14. The van der Waals surface area contributed by atoms with E-state index in [0.29, 0.717) is 17.9 Å². The maximum atomic E-state index is 4.67. The zero-order chi connectivity index (χ0) is 15.8. The van der Waals surface area contributed by atoms with Crippen LogP contribution in [0.2, 0.25) is 0 Å². The van der Waals surface area contributed by atoms with Crippen molar-refractivity contribution in [2.24, 2.45) is 0 Å². The molecule has 1 atom stereocenters. The van der Waals surface area contributed by atoms with Crippen molar-refractivity contribution in [2.45, 2.75) is 45.1 Å². The van der Waals surface area contributed by atoms with Gasteiger partial charge in [-0.05, 0) is 42.9 Å². The van der Waals surface area contributed by atoms with Crippen molar-refractivity contribution < 1.29 is 0 Å². The number of nitrogens with zero attached hydrogens (tertiary/aromatic N) is 5. The molecule has 1 fully saturated rings. The van der Waals surface area contributed by atoms with Gasteiger partial charge in [-0.15, -0.1) is 0 Å². The first kappa shape index (κ1) is 14.1. The van der Waals surface area contributed by atoms with E-state index in [-0.39, 0.29) is 0 Å². The van der Waals surface area contributed by atoms with E-state index in [1.54, 1.807) is 10.8 Å². The minimum atomic E-state index is 0.446. The number of hydrogen-bond donors (Lipinski definition) is 1. The molecule has 4 rings (SSSR count). The molecule has 23 heavy (non-hydrogen) atoms. The van der Waals surface area contributed by atoms with Crippen molar-refractivity contribution >= 4 is 11.5 Å². The number of hydrogen-bond acceptors (Lipinski definition) is 5. The van der Waals surface area contributed by atoms with E-state index in [0.717, 1.165) is 23.2 Å². The molecule has 0 aliphatic heterocycles. The normalized spacial score (nSPS) is 15.7. The summed E-state index contributed by atoms with van der Waals surface area (Å²) in [6.45, 7) is 4.42. The second-order valence-electron chi connectivity index (χ2n) is 6.18. The van der Waals surface area contributed by atoms with Crippen LogP contribution in [0, 0.1) is 0 Å². The van der Waals surface area contributed by atoms with Gasteiger partial charge in [-0.25, -0.2) is 9.97 Å². The second kappa shape index (κ2) is 5.61. The first-order chi connectivity index (χ1) is 11.3. The summed E-state index contributed by atoms with van der Waals surface area (Å²) in [7, 11) is 0. The third-order valence-corrected chi connectivity index (χ3v) is 4.44. The topological polar surface area (TPSA) is 68.0 Å². The molecule has 6 nitrogen and oxygen atoms in total. The molecule has 118 valence electrons. The lowest BCUT2D eigenvalue weighted by Crippen LogP contribution is -2.05. The van der Waals surface area contributed by atoms with Crippen LogP contribution in [0.15, 0.2) is 30.7 Å². The summed E-state index contributed by atoms with van der Waals surface area (Å²) in [5, 5.41) is 12.1. The van der Waals surface area contributed by atoms with Crippen molar-refractivity contribution in [3.8, 4) is 11.3 Å². The van der Waals surface area contributed by atoms with Crippen LogP contribution < -0.4 is 5.32 Å². The second-order valence-corrected chi connectivity index (χ2v) is 6.18. The van der Waals surface area contributed by atoms with Crippen LogP contribution in [0.3, 0.4) is 0 Å². The zero-order valence-corrected chi connectivity index (χ0v) is 13.4. The summed E-state index contributed by atoms with van der Waals surface area (Å²) >= 11 is 0. The van der Waals surface area contributed by atoms with E-state index < -0.39 is 0 Å². The SMILES string of the molecule is CCC(C)c1ccnn2ncc(-c3ccnc(NC4CC4)n3)c12. The average molecular weight is 308 g/mol. The quantitative estimate of drug-likeness (QED) is 0.783. The number of aromatic nitrogens is 5. The predicted octanol–water partition coefficient (Wildman–Crippen LogP) is 3.27. The molecular weight excluding hydrogens is 288 g/mol. The summed E-state index contributed by atoms with van der Waals surface area (Å²) in [5.41, 5.74) is 4.19. The van der Waals surface area contributed by atoms with Gasteiger partial charge in [-0.3, -0.25) is 0 Å². The Morgan fingerprint density at radius 1 is 1.26 bits per heavy atom. The Morgan fingerprint density at radius 3 is 2.91 bits per heavy atom. The zero-order valence-electron chi connectivity index (χ0n) is 13.4. The summed E-state index contributed by atoms with van der Waals surface area (Å²) in [6, 6.07) is 4.55. The van der Waals surface area contributed by atoms with Gasteiger partial charge in [0.15, 0.2) is 0 Å². The maximum absolute atomic E-state index is 4.67. The monoisotopic (exact) mass is 308 g/mol. The van der Waals surface area contributed by atoms with Gasteiger partial charge < -0.3 is 5.32 Å². The van der Waals surface area contributed by atoms with Crippen molar-refractivity contribution in [1.29, 1.82) is 0 Å². The van der Waals surface area contributed by atoms with Crippen LogP contribution in [0.4, 0.5) is 5.95 Å². The molecule has 6 heteroatoms. The summed E-state index contributed by atoms with van der Waals surface area (Å²) in [4.78, 5) is 8.99. The Labute approximate surface area is 135 Å². The van der Waals surface area contributed by atoms with Gasteiger partial charge >= 0.3 is 0 Å². The Morgan fingerprint density at radius 2 is 2.13 bits per heavy atom. The third-order valence-electron chi connectivity index (χ3n) is 4.44. The minimum Gasteiger partial charge on any atom is -0.351 e. The molecule has 0 aromatic carbocycles. The summed E-state index contributed by atoms with van der Waals surface area (Å²) in [6.07, 6.45) is 8.93. The molecule has 0 amide bonds. The fourth-order valence-electron chi connectivity index (χ4n) is 2.75. The highest BCUT2D eigenvalue weighted by Gasteiger charge is 2.22. The third kappa shape index (κ3) is 2.65. The Kier molecular flexibility index (Phi) is 3.44. The predicted molar refractivity (Wildman–Crippen MR) is 89.4 cm³/mol. The number of nitrogens with one attached hydrogen (secondary N) is 1. The lowest BCUT2D eigenvalue weighted by molar-refractivity contribution is 0.716. The van der Waals surface area contributed by atoms with Gasteiger partial charge in [0.25, 0.3) is 0 Å². The molecule has 0 spiro atoms. The maximum Gasteiger partial charge on any atom is 0.223 e. The molecule has 1 N–H and O–H groups in total. The van der Waals surface area contributed by atoms with E-state index in [2.05, 4.69) is 45.4 Å². The van der Waals surface area contributed by atoms with E-state index >= 15 is 0 Å². The average Bonchev–Trinajstić information content (AvgIpc) is 3.29. The lowest BCUT2D eigenvalue weighted by atomic mass is 9.97. The highest BCUT2D eigenvalue weighted by Crippen LogP contribution is 2.31. The number of fused-ring (bicyclic) bond motifs is 1. The molecule has 1 saturated carbocycles. The van der Waals surface area contributed by atoms with E-state index in [1.807, 2.05) is 18.5 Å². The van der Waals surface area contributed by atoms with Crippen molar-refractivity contribution in [3.05, 3.63) is 36.3 Å². The van der Waals surface area contributed by atoms with Crippen LogP contribution in [-0.4, -0.2) is 30.8 Å². The Hall–Kier alpha value is -2.50. The Bertz CT molecular complexity index is 836. The number of anilines is 1. The highest BCUT2D eigenvalue weighted by molar-refractivity contribution is 5.80. The van der Waals surface area contributed by atoms with Gasteiger partial charge in [0.1, 0.15) is 5.52 Å². The van der Waals surface area contributed by atoms with Gasteiger partial charge in [-0.2, -0.15) is 14.8 Å². The van der Waals surface area contributed by atoms with Crippen LogP contribution in [0.25, 0.3) is 16.8 Å². The number of rotatable bonds is 5. The van der Waals surface area contributed by atoms with Crippen LogP contribution in [0.5, 0.6) is 0 Å². The molecule has 1 aliphatic carbocycles. The standard InChI is InChI=1S/C17H20N6/c1-3-11(2)13-6-9-19-23-16(13)14(10-20-23)15-7-8-18-17(22-15)21-12-4-5-12/h6-12H,3-5H2,1-2H3,(H,18,21,22). The van der Waals surface area contributed by atoms with Crippen LogP contribution in [-0.2, 0) is 0 Å². The molecule has 0 saturated heterocycles. The molecule has 1 unspecified atom stereocenters. The molecule has 3 aromatic rings. The summed E-state index contributed by atoms with van der Waals surface area (Å²) < 4.78 is 1.70. The van der Waals surface area contributed by atoms with Crippen LogP contribution >= 0.6 is 0 Å². The highest BCUT2D eigenvalue weighted by atomic mass is 15.4. The van der Waals surface area contributed by atoms with Gasteiger partial charge in [-0.1, -0.05) is 13.8 Å². The van der Waals surface area contributed by atoms with Crippen molar-refractivity contribution in [1.82, 2.24) is 24.8 Å². The Balaban J connectivity index is 1.82. The molecule has 3 aromatic heterocycles. The molecule has 0 bridgehead atoms. The van der Waals surface area contributed by atoms with Crippen LogP contribution in [0.1, 0.15) is 44.6 Å². The van der Waals surface area contributed by atoms with E-state index in [9.17, 15) is 0 Å². The lowest BCUT2D eigenvalue weighted by Gasteiger charge is -2.11. The first-order valence-electron chi connectivity index (χ1n) is 8.19. The van der Waals surface area contributed by atoms with Gasteiger partial charge in [0.05, 0.1) is 11.9 Å². The van der Waals surface area contributed by atoms with E-state index in [1.165, 1.54) is 18.4 Å². The molecular formula is C17H20N6. The van der Waals surface area contributed by atoms with Gasteiger partial charge in [0, 0.05) is 24.0 Å². The smallest absolute Gasteiger partial charge is 0.223 e.